The minimum Gasteiger partial charge on any atom is -0.382 e. The van der Waals surface area contributed by atoms with Gasteiger partial charge in [0.15, 0.2) is 0 Å². The molecule has 1 aliphatic rings. The zero-order valence-electron chi connectivity index (χ0n) is 12.6. The number of benzene rings is 1. The summed E-state index contributed by atoms with van der Waals surface area (Å²) in [5.74, 6) is 0. The van der Waals surface area contributed by atoms with Crippen molar-refractivity contribution in [3.8, 4) is 0 Å². The molecule has 0 atom stereocenters. The Morgan fingerprint density at radius 1 is 1.16 bits per heavy atom. The van der Waals surface area contributed by atoms with E-state index in [0.29, 0.717) is 12.1 Å². The molecule has 1 aromatic carbocycles. The van der Waals surface area contributed by atoms with Crippen LogP contribution >= 0.6 is 0 Å². The Morgan fingerprint density at radius 3 is 2.37 bits per heavy atom. The van der Waals surface area contributed by atoms with E-state index in [1.54, 1.807) is 0 Å². The molecule has 0 saturated heterocycles. The SMILES string of the molecule is COC1CCC(Nc2ccc(N(C)C)cc2C)CC1. The van der Waals surface area contributed by atoms with Gasteiger partial charge in [-0.25, -0.2) is 0 Å². The summed E-state index contributed by atoms with van der Waals surface area (Å²) in [5, 5.41) is 3.69. The van der Waals surface area contributed by atoms with E-state index >= 15 is 0 Å². The standard InChI is InChI=1S/C16H26N2O/c1-12-11-14(18(2)3)7-10-16(12)17-13-5-8-15(19-4)9-6-13/h7,10-11,13,15,17H,5-6,8-9H2,1-4H3. The van der Waals surface area contributed by atoms with Gasteiger partial charge in [0.05, 0.1) is 6.10 Å². The number of rotatable bonds is 4. The van der Waals surface area contributed by atoms with Crippen LogP contribution in [0.15, 0.2) is 18.2 Å². The highest BCUT2D eigenvalue weighted by Gasteiger charge is 2.20. The Kier molecular flexibility index (Phi) is 4.70. The van der Waals surface area contributed by atoms with Crippen molar-refractivity contribution < 1.29 is 4.74 Å². The van der Waals surface area contributed by atoms with Crippen LogP contribution in [-0.2, 0) is 4.74 Å². The van der Waals surface area contributed by atoms with Crippen LogP contribution < -0.4 is 10.2 Å². The zero-order chi connectivity index (χ0) is 13.8. The third-order valence-electron chi connectivity index (χ3n) is 4.09. The van der Waals surface area contributed by atoms with Crippen molar-refractivity contribution in [3.63, 3.8) is 0 Å². The van der Waals surface area contributed by atoms with E-state index in [1.807, 2.05) is 7.11 Å². The highest BCUT2D eigenvalue weighted by Crippen LogP contribution is 2.27. The van der Waals surface area contributed by atoms with E-state index in [-0.39, 0.29) is 0 Å². The number of hydrogen-bond donors (Lipinski definition) is 1. The number of nitrogens with zero attached hydrogens (tertiary/aromatic N) is 1. The molecule has 0 amide bonds. The van der Waals surface area contributed by atoms with Gasteiger partial charge in [-0.2, -0.15) is 0 Å². The summed E-state index contributed by atoms with van der Waals surface area (Å²) >= 11 is 0. The average Bonchev–Trinajstić information content (AvgIpc) is 2.41. The van der Waals surface area contributed by atoms with E-state index in [0.717, 1.165) is 0 Å². The first-order valence-electron chi connectivity index (χ1n) is 7.17. The first kappa shape index (κ1) is 14.2. The minimum absolute atomic E-state index is 0.468. The maximum absolute atomic E-state index is 5.42. The van der Waals surface area contributed by atoms with Gasteiger partial charge < -0.3 is 15.0 Å². The number of methoxy groups -OCH3 is 1. The Hall–Kier alpha value is -1.22. The van der Waals surface area contributed by atoms with Crippen LogP contribution in [0.3, 0.4) is 0 Å². The third-order valence-corrected chi connectivity index (χ3v) is 4.09. The first-order valence-corrected chi connectivity index (χ1v) is 7.17. The number of hydrogen-bond acceptors (Lipinski definition) is 3. The van der Waals surface area contributed by atoms with Crippen molar-refractivity contribution >= 4 is 11.4 Å². The molecule has 19 heavy (non-hydrogen) atoms. The summed E-state index contributed by atoms with van der Waals surface area (Å²) in [7, 11) is 5.98. The maximum Gasteiger partial charge on any atom is 0.0572 e. The second kappa shape index (κ2) is 6.29. The van der Waals surface area contributed by atoms with Crippen LogP contribution in [0.2, 0.25) is 0 Å². The lowest BCUT2D eigenvalue weighted by molar-refractivity contribution is 0.0682. The fourth-order valence-corrected chi connectivity index (χ4v) is 2.75. The molecular weight excluding hydrogens is 236 g/mol. The molecule has 3 nitrogen and oxygen atoms in total. The fourth-order valence-electron chi connectivity index (χ4n) is 2.75. The number of aryl methyl sites for hydroxylation is 1. The molecule has 1 aromatic rings. The summed E-state index contributed by atoms with van der Waals surface area (Å²) in [4.78, 5) is 2.14. The van der Waals surface area contributed by atoms with Gasteiger partial charge in [-0.3, -0.25) is 0 Å². The molecule has 0 heterocycles. The lowest BCUT2D eigenvalue weighted by Gasteiger charge is -2.29. The first-order chi connectivity index (χ1) is 9.10. The molecule has 0 spiro atoms. The number of ether oxygens (including phenoxy) is 1. The zero-order valence-corrected chi connectivity index (χ0v) is 12.6. The largest absolute Gasteiger partial charge is 0.382 e. The summed E-state index contributed by atoms with van der Waals surface area (Å²) < 4.78 is 5.42. The van der Waals surface area contributed by atoms with Crippen molar-refractivity contribution in [2.75, 3.05) is 31.4 Å². The summed E-state index contributed by atoms with van der Waals surface area (Å²) in [6.45, 7) is 2.18. The second-order valence-electron chi connectivity index (χ2n) is 5.75. The molecule has 1 fully saturated rings. The van der Waals surface area contributed by atoms with Gasteiger partial charge in [0.2, 0.25) is 0 Å². The predicted molar refractivity (Wildman–Crippen MR) is 82.2 cm³/mol. The van der Waals surface area contributed by atoms with Crippen LogP contribution in [0.5, 0.6) is 0 Å². The predicted octanol–water partition coefficient (Wildman–Crippen LogP) is 3.43. The number of nitrogens with one attached hydrogen (secondary N) is 1. The van der Waals surface area contributed by atoms with E-state index in [9.17, 15) is 0 Å². The van der Waals surface area contributed by atoms with Crippen LogP contribution in [0.25, 0.3) is 0 Å². The van der Waals surface area contributed by atoms with Crippen molar-refractivity contribution in [1.29, 1.82) is 0 Å². The van der Waals surface area contributed by atoms with Gasteiger partial charge in [0.25, 0.3) is 0 Å². The monoisotopic (exact) mass is 262 g/mol. The van der Waals surface area contributed by atoms with Crippen molar-refractivity contribution in [2.45, 2.75) is 44.8 Å². The molecule has 0 bridgehead atoms. The lowest BCUT2D eigenvalue weighted by Crippen LogP contribution is -2.29. The molecule has 1 N–H and O–H groups in total. The molecule has 0 aliphatic heterocycles. The molecule has 0 radical (unpaired) electrons. The topological polar surface area (TPSA) is 24.5 Å². The normalized spacial score (nSPS) is 23.2. The summed E-state index contributed by atoms with van der Waals surface area (Å²) in [5.41, 5.74) is 3.85. The van der Waals surface area contributed by atoms with Crippen molar-refractivity contribution in [2.24, 2.45) is 0 Å². The highest BCUT2D eigenvalue weighted by molar-refractivity contribution is 5.60. The molecule has 0 unspecified atom stereocenters. The van der Waals surface area contributed by atoms with Crippen molar-refractivity contribution in [1.82, 2.24) is 0 Å². The lowest BCUT2D eigenvalue weighted by atomic mass is 9.92. The van der Waals surface area contributed by atoms with Crippen LogP contribution in [-0.4, -0.2) is 33.4 Å². The van der Waals surface area contributed by atoms with Crippen molar-refractivity contribution in [3.05, 3.63) is 23.8 Å². The van der Waals surface area contributed by atoms with E-state index in [1.165, 1.54) is 42.6 Å². The fraction of sp³-hybridized carbons (Fsp3) is 0.625. The minimum atomic E-state index is 0.468. The van der Waals surface area contributed by atoms with Gasteiger partial charge in [0, 0.05) is 38.6 Å². The van der Waals surface area contributed by atoms with Gasteiger partial charge in [0.1, 0.15) is 0 Å². The molecule has 0 aromatic heterocycles. The smallest absolute Gasteiger partial charge is 0.0572 e. The van der Waals surface area contributed by atoms with Gasteiger partial charge >= 0.3 is 0 Å². The van der Waals surface area contributed by atoms with Gasteiger partial charge in [-0.15, -0.1) is 0 Å². The molecular formula is C16H26N2O. The van der Waals surface area contributed by atoms with E-state index in [4.69, 9.17) is 4.74 Å². The quantitative estimate of drug-likeness (QED) is 0.899. The second-order valence-corrected chi connectivity index (χ2v) is 5.75. The summed E-state index contributed by atoms with van der Waals surface area (Å²) in [6, 6.07) is 7.21. The highest BCUT2D eigenvalue weighted by atomic mass is 16.5. The van der Waals surface area contributed by atoms with E-state index in [2.05, 4.69) is 49.4 Å². The summed E-state index contributed by atoms with van der Waals surface area (Å²) in [6.07, 6.45) is 5.21. The molecule has 1 saturated carbocycles. The molecule has 3 heteroatoms. The Labute approximate surface area is 116 Å². The molecule has 106 valence electrons. The molecule has 1 aliphatic carbocycles. The van der Waals surface area contributed by atoms with E-state index < -0.39 is 0 Å². The van der Waals surface area contributed by atoms with Crippen LogP contribution in [0.4, 0.5) is 11.4 Å². The Balaban J connectivity index is 1.96. The molecule has 2 rings (SSSR count). The average molecular weight is 262 g/mol. The van der Waals surface area contributed by atoms with Gasteiger partial charge in [-0.1, -0.05) is 0 Å². The third kappa shape index (κ3) is 3.63. The van der Waals surface area contributed by atoms with Crippen LogP contribution in [0, 0.1) is 6.92 Å². The van der Waals surface area contributed by atoms with Crippen LogP contribution in [0.1, 0.15) is 31.2 Å². The number of anilines is 2. The Bertz CT molecular complexity index is 409. The Morgan fingerprint density at radius 2 is 1.84 bits per heavy atom. The maximum atomic E-state index is 5.42. The van der Waals surface area contributed by atoms with Gasteiger partial charge in [-0.05, 0) is 56.4 Å².